The van der Waals surface area contributed by atoms with E-state index in [0.29, 0.717) is 12.0 Å². The van der Waals surface area contributed by atoms with E-state index < -0.39 is 0 Å². The molecule has 0 amide bonds. The smallest absolute Gasteiger partial charge is 0.312 e. The number of nitrogens with zero attached hydrogens (tertiary/aromatic N) is 2. The molecule has 0 aromatic carbocycles. The van der Waals surface area contributed by atoms with Crippen LogP contribution in [0.2, 0.25) is 0 Å². The number of ether oxygens (including phenoxy) is 1. The van der Waals surface area contributed by atoms with E-state index in [1.807, 2.05) is 0 Å². The molecule has 1 heterocycles. The number of rotatable bonds is 8. The van der Waals surface area contributed by atoms with Gasteiger partial charge >= 0.3 is 6.01 Å². The molecule has 1 rings (SSSR count). The number of nitrogens with two attached hydrogens (primary N) is 1. The van der Waals surface area contributed by atoms with Gasteiger partial charge in [0, 0.05) is 12.0 Å². The zero-order valence-corrected chi connectivity index (χ0v) is 11.9. The first kappa shape index (κ1) is 15.0. The number of unbranched alkanes of at least 4 members (excludes halogenated alkanes) is 2. The van der Waals surface area contributed by atoms with E-state index in [9.17, 15) is 0 Å². The number of hydrogen-bond donors (Lipinski definition) is 1. The van der Waals surface area contributed by atoms with Crippen LogP contribution in [-0.4, -0.2) is 22.9 Å². The van der Waals surface area contributed by atoms with Crippen molar-refractivity contribution in [3.05, 3.63) is 5.89 Å². The second-order valence-electron chi connectivity index (χ2n) is 5.56. The van der Waals surface area contributed by atoms with Gasteiger partial charge in [0.2, 0.25) is 5.89 Å². The van der Waals surface area contributed by atoms with Crippen LogP contribution in [0.1, 0.15) is 59.3 Å². The lowest BCUT2D eigenvalue weighted by Crippen LogP contribution is -2.17. The van der Waals surface area contributed by atoms with Gasteiger partial charge in [-0.05, 0) is 26.7 Å². The topological polar surface area (TPSA) is 74.2 Å². The van der Waals surface area contributed by atoms with Gasteiger partial charge in [0.25, 0.3) is 0 Å². The summed E-state index contributed by atoms with van der Waals surface area (Å²) >= 11 is 0. The zero-order valence-electron chi connectivity index (χ0n) is 11.9. The molecule has 0 atom stereocenters. The van der Waals surface area contributed by atoms with Crippen molar-refractivity contribution in [2.24, 2.45) is 0 Å². The summed E-state index contributed by atoms with van der Waals surface area (Å²) < 4.78 is 10.8. The van der Waals surface area contributed by atoms with Crippen molar-refractivity contribution in [3.63, 3.8) is 0 Å². The highest BCUT2D eigenvalue weighted by Gasteiger charge is 2.26. The standard InChI is InChI=1S/C13H25N3O2/c1-10(2)17-9-7-5-6-8-13(3,4)11-15-16-12(14)18-11/h10H,5-9H2,1-4H3,(H2,14,16). The van der Waals surface area contributed by atoms with Crippen LogP contribution in [0, 0.1) is 0 Å². The molecule has 1 aromatic rings. The van der Waals surface area contributed by atoms with Crippen LogP contribution in [0.4, 0.5) is 6.01 Å². The molecule has 0 saturated heterocycles. The predicted octanol–water partition coefficient (Wildman–Crippen LogP) is 2.91. The highest BCUT2D eigenvalue weighted by Crippen LogP contribution is 2.28. The van der Waals surface area contributed by atoms with Gasteiger partial charge in [-0.3, -0.25) is 0 Å². The van der Waals surface area contributed by atoms with Crippen LogP contribution in [0.25, 0.3) is 0 Å². The fourth-order valence-corrected chi connectivity index (χ4v) is 1.78. The van der Waals surface area contributed by atoms with Crippen LogP contribution in [0.15, 0.2) is 4.42 Å². The fraction of sp³-hybridized carbons (Fsp3) is 0.846. The summed E-state index contributed by atoms with van der Waals surface area (Å²) in [6.45, 7) is 9.16. The third-order valence-electron chi connectivity index (χ3n) is 2.92. The van der Waals surface area contributed by atoms with Gasteiger partial charge in [0.05, 0.1) is 6.10 Å². The van der Waals surface area contributed by atoms with Gasteiger partial charge < -0.3 is 14.9 Å². The van der Waals surface area contributed by atoms with Gasteiger partial charge in [-0.15, -0.1) is 5.10 Å². The van der Waals surface area contributed by atoms with Crippen LogP contribution in [0.5, 0.6) is 0 Å². The third kappa shape index (κ3) is 5.04. The minimum Gasteiger partial charge on any atom is -0.408 e. The number of nitrogen functional groups attached to an aromatic ring is 1. The van der Waals surface area contributed by atoms with Gasteiger partial charge in [0.15, 0.2) is 0 Å². The molecule has 0 fully saturated rings. The molecule has 0 unspecified atom stereocenters. The van der Waals surface area contributed by atoms with E-state index in [2.05, 4.69) is 37.9 Å². The Morgan fingerprint density at radius 1 is 1.22 bits per heavy atom. The third-order valence-corrected chi connectivity index (χ3v) is 2.92. The SMILES string of the molecule is CC(C)OCCCCCC(C)(C)c1nnc(N)o1. The normalized spacial score (nSPS) is 12.3. The van der Waals surface area contributed by atoms with E-state index in [-0.39, 0.29) is 11.4 Å². The molecular formula is C13H25N3O2. The summed E-state index contributed by atoms with van der Waals surface area (Å²) in [6.07, 6.45) is 4.70. The Hall–Kier alpha value is -1.10. The van der Waals surface area contributed by atoms with Crippen molar-refractivity contribution < 1.29 is 9.15 Å². The Kier molecular flexibility index (Phi) is 5.59. The fourth-order valence-electron chi connectivity index (χ4n) is 1.78. The molecule has 0 aliphatic heterocycles. The van der Waals surface area contributed by atoms with Gasteiger partial charge in [-0.25, -0.2) is 0 Å². The minimum atomic E-state index is -0.108. The van der Waals surface area contributed by atoms with Crippen LogP contribution in [-0.2, 0) is 10.2 Å². The molecule has 104 valence electrons. The first-order valence-electron chi connectivity index (χ1n) is 6.63. The largest absolute Gasteiger partial charge is 0.408 e. The summed E-state index contributed by atoms with van der Waals surface area (Å²) in [4.78, 5) is 0. The molecule has 18 heavy (non-hydrogen) atoms. The zero-order chi connectivity index (χ0) is 13.6. The molecule has 2 N–H and O–H groups in total. The lowest BCUT2D eigenvalue weighted by atomic mass is 9.87. The Balaban J connectivity index is 2.22. The summed E-state index contributed by atoms with van der Waals surface area (Å²) in [5.74, 6) is 0.624. The van der Waals surface area contributed by atoms with Crippen molar-refractivity contribution in [3.8, 4) is 0 Å². The second kappa shape index (κ2) is 6.73. The quantitative estimate of drug-likeness (QED) is 0.723. The van der Waals surface area contributed by atoms with E-state index in [4.69, 9.17) is 14.9 Å². The maximum absolute atomic E-state index is 5.50. The van der Waals surface area contributed by atoms with Gasteiger partial charge in [-0.1, -0.05) is 31.8 Å². The lowest BCUT2D eigenvalue weighted by molar-refractivity contribution is 0.0754. The average Bonchev–Trinajstić information content (AvgIpc) is 2.70. The summed E-state index contributed by atoms with van der Waals surface area (Å²) in [7, 11) is 0. The molecule has 0 spiro atoms. The van der Waals surface area contributed by atoms with Crippen molar-refractivity contribution in [1.82, 2.24) is 10.2 Å². The Labute approximate surface area is 109 Å². The first-order chi connectivity index (χ1) is 8.42. The molecular weight excluding hydrogens is 230 g/mol. The summed E-state index contributed by atoms with van der Waals surface area (Å²) in [5.41, 5.74) is 5.33. The van der Waals surface area contributed by atoms with Gasteiger partial charge in [0.1, 0.15) is 0 Å². The maximum Gasteiger partial charge on any atom is 0.312 e. The Morgan fingerprint density at radius 2 is 1.94 bits per heavy atom. The van der Waals surface area contributed by atoms with Crippen molar-refractivity contribution in [1.29, 1.82) is 0 Å². The Bertz CT molecular complexity index is 348. The summed E-state index contributed by atoms with van der Waals surface area (Å²) in [6, 6.07) is 0.142. The molecule has 0 radical (unpaired) electrons. The van der Waals surface area contributed by atoms with E-state index >= 15 is 0 Å². The molecule has 0 aliphatic rings. The average molecular weight is 255 g/mol. The first-order valence-corrected chi connectivity index (χ1v) is 6.63. The summed E-state index contributed by atoms with van der Waals surface area (Å²) in [5, 5.41) is 7.66. The molecule has 0 aliphatic carbocycles. The predicted molar refractivity (Wildman–Crippen MR) is 71.3 cm³/mol. The maximum atomic E-state index is 5.50. The molecule has 5 nitrogen and oxygen atoms in total. The second-order valence-corrected chi connectivity index (χ2v) is 5.56. The highest BCUT2D eigenvalue weighted by molar-refractivity contribution is 5.09. The number of anilines is 1. The molecule has 1 aromatic heterocycles. The van der Waals surface area contributed by atoms with Gasteiger partial charge in [-0.2, -0.15) is 0 Å². The van der Waals surface area contributed by atoms with Crippen molar-refractivity contribution >= 4 is 6.01 Å². The van der Waals surface area contributed by atoms with E-state index in [1.54, 1.807) is 0 Å². The highest BCUT2D eigenvalue weighted by atomic mass is 16.5. The van der Waals surface area contributed by atoms with E-state index in [0.717, 1.165) is 32.3 Å². The minimum absolute atomic E-state index is 0.108. The lowest BCUT2D eigenvalue weighted by Gasteiger charge is -2.19. The number of aromatic nitrogens is 2. The van der Waals surface area contributed by atoms with Crippen LogP contribution in [0.3, 0.4) is 0 Å². The van der Waals surface area contributed by atoms with Crippen LogP contribution >= 0.6 is 0 Å². The molecule has 0 bridgehead atoms. The van der Waals surface area contributed by atoms with Crippen LogP contribution < -0.4 is 5.73 Å². The van der Waals surface area contributed by atoms with Crippen molar-refractivity contribution in [2.45, 2.75) is 64.9 Å². The monoisotopic (exact) mass is 255 g/mol. The number of hydrogen-bond acceptors (Lipinski definition) is 5. The Morgan fingerprint density at radius 3 is 2.50 bits per heavy atom. The van der Waals surface area contributed by atoms with E-state index in [1.165, 1.54) is 0 Å². The molecule has 0 saturated carbocycles. The van der Waals surface area contributed by atoms with Crippen molar-refractivity contribution in [2.75, 3.05) is 12.3 Å². The molecule has 5 heteroatoms.